The van der Waals surface area contributed by atoms with E-state index in [2.05, 4.69) is 20.3 Å². The number of H-pyrrole nitrogens is 1. The number of aromatic nitrogens is 3. The minimum atomic E-state index is -4.62. The van der Waals surface area contributed by atoms with E-state index in [0.29, 0.717) is 24.5 Å². The Hall–Kier alpha value is -2.87. The van der Waals surface area contributed by atoms with Crippen LogP contribution in [0, 0.1) is 5.82 Å². The molecule has 0 spiro atoms. The van der Waals surface area contributed by atoms with Crippen LogP contribution in [0.3, 0.4) is 0 Å². The standard InChI is InChI=1S/C28H33F4N5O3S/c1-18(19-14-21(28(30,31)32)16-23(15-19)41(3)38)40-26-27(2,20-6-8-22(29)9-7-20)37(12-13-39-26)25-24(33-35-34-25)17-36-10-4-5-11-36/h6-9,14-16,18,26H,4-5,10-13,17H2,1-3H3,(H,33,34,35)/t18-,26-,27+,41?/m1/s1. The molecule has 0 amide bonds. The third kappa shape index (κ3) is 6.18. The Bertz CT molecular complexity index is 1380. The lowest BCUT2D eigenvalue weighted by Gasteiger charge is -2.50. The molecule has 3 aromatic rings. The number of nitrogens with one attached hydrogen (secondary N) is 1. The number of hydrogen-bond donors (Lipinski definition) is 1. The van der Waals surface area contributed by atoms with Gasteiger partial charge in [0.2, 0.25) is 0 Å². The van der Waals surface area contributed by atoms with Crippen LogP contribution in [0.4, 0.5) is 23.4 Å². The highest BCUT2D eigenvalue weighted by Crippen LogP contribution is 2.43. The topological polar surface area (TPSA) is 83.6 Å². The third-order valence-corrected chi connectivity index (χ3v) is 8.74. The Morgan fingerprint density at radius 3 is 2.51 bits per heavy atom. The van der Waals surface area contributed by atoms with Gasteiger partial charge in [-0.1, -0.05) is 12.1 Å². The fourth-order valence-corrected chi connectivity index (χ4v) is 6.12. The smallest absolute Gasteiger partial charge is 0.348 e. The lowest BCUT2D eigenvalue weighted by molar-refractivity contribution is -0.216. The number of anilines is 1. The molecule has 0 saturated carbocycles. The van der Waals surface area contributed by atoms with Gasteiger partial charge < -0.3 is 14.4 Å². The first kappa shape index (κ1) is 29.6. The lowest BCUT2D eigenvalue weighted by atomic mass is 9.87. The van der Waals surface area contributed by atoms with Crippen molar-refractivity contribution in [3.63, 3.8) is 0 Å². The van der Waals surface area contributed by atoms with E-state index in [1.807, 2.05) is 11.8 Å². The quantitative estimate of drug-likeness (QED) is 0.361. The van der Waals surface area contributed by atoms with Gasteiger partial charge in [-0.05, 0) is 81.2 Å². The number of benzene rings is 2. The Kier molecular flexibility index (Phi) is 8.51. The van der Waals surface area contributed by atoms with Crippen LogP contribution >= 0.6 is 0 Å². The van der Waals surface area contributed by atoms with Crippen LogP contribution in [0.15, 0.2) is 47.4 Å². The predicted octanol–water partition coefficient (Wildman–Crippen LogP) is 5.15. The highest BCUT2D eigenvalue weighted by Gasteiger charge is 2.48. The minimum Gasteiger partial charge on any atom is -0.348 e. The maximum absolute atomic E-state index is 14.0. The molecular formula is C28H33F4N5O3S. The summed E-state index contributed by atoms with van der Waals surface area (Å²) in [5.41, 5.74) is -0.331. The Morgan fingerprint density at radius 2 is 1.85 bits per heavy atom. The molecule has 8 nitrogen and oxygen atoms in total. The highest BCUT2D eigenvalue weighted by molar-refractivity contribution is 7.84. The molecule has 3 heterocycles. The van der Waals surface area contributed by atoms with Crippen LogP contribution in [0.1, 0.15) is 55.2 Å². The van der Waals surface area contributed by atoms with Crippen molar-refractivity contribution in [3.05, 3.63) is 70.7 Å². The van der Waals surface area contributed by atoms with Crippen molar-refractivity contribution in [2.45, 2.75) is 62.2 Å². The molecule has 2 fully saturated rings. The van der Waals surface area contributed by atoms with E-state index in [-0.39, 0.29) is 17.1 Å². The molecule has 13 heteroatoms. The molecule has 0 radical (unpaired) electrons. The molecule has 41 heavy (non-hydrogen) atoms. The molecule has 1 aromatic heterocycles. The average Bonchev–Trinajstić information content (AvgIpc) is 3.62. The number of ether oxygens (including phenoxy) is 2. The summed E-state index contributed by atoms with van der Waals surface area (Å²) >= 11 is 0. The molecule has 2 saturated heterocycles. The maximum atomic E-state index is 14.0. The summed E-state index contributed by atoms with van der Waals surface area (Å²) in [6, 6.07) is 9.32. The zero-order chi connectivity index (χ0) is 29.4. The van der Waals surface area contributed by atoms with E-state index in [9.17, 15) is 21.8 Å². The van der Waals surface area contributed by atoms with E-state index < -0.39 is 46.3 Å². The average molecular weight is 596 g/mol. The van der Waals surface area contributed by atoms with Gasteiger partial charge in [0.1, 0.15) is 17.1 Å². The van der Waals surface area contributed by atoms with E-state index in [4.69, 9.17) is 9.47 Å². The van der Waals surface area contributed by atoms with Gasteiger partial charge in [-0.25, -0.2) is 4.39 Å². The number of aromatic amines is 1. The predicted molar refractivity (Wildman–Crippen MR) is 145 cm³/mol. The van der Waals surface area contributed by atoms with Gasteiger partial charge in [-0.15, -0.1) is 5.10 Å². The van der Waals surface area contributed by atoms with Gasteiger partial charge in [0.15, 0.2) is 12.1 Å². The van der Waals surface area contributed by atoms with Crippen molar-refractivity contribution in [3.8, 4) is 0 Å². The summed E-state index contributed by atoms with van der Waals surface area (Å²) in [6.07, 6.45) is -2.91. The molecule has 1 N–H and O–H groups in total. The van der Waals surface area contributed by atoms with Crippen molar-refractivity contribution >= 4 is 16.6 Å². The summed E-state index contributed by atoms with van der Waals surface area (Å²) in [7, 11) is -1.64. The molecule has 222 valence electrons. The zero-order valence-electron chi connectivity index (χ0n) is 23.1. The second-order valence-electron chi connectivity index (χ2n) is 10.6. The van der Waals surface area contributed by atoms with Crippen LogP contribution in [-0.4, -0.2) is 63.3 Å². The summed E-state index contributed by atoms with van der Waals surface area (Å²) < 4.78 is 79.7. The van der Waals surface area contributed by atoms with Crippen molar-refractivity contribution in [2.75, 3.05) is 37.4 Å². The summed E-state index contributed by atoms with van der Waals surface area (Å²) in [4.78, 5) is 4.36. The first-order valence-electron chi connectivity index (χ1n) is 13.4. The van der Waals surface area contributed by atoms with Crippen LogP contribution < -0.4 is 4.90 Å². The fraction of sp³-hybridized carbons (Fsp3) is 0.500. The van der Waals surface area contributed by atoms with Crippen LogP contribution in [-0.2, 0) is 38.5 Å². The van der Waals surface area contributed by atoms with Gasteiger partial charge in [-0.3, -0.25) is 9.11 Å². The lowest BCUT2D eigenvalue weighted by Crippen LogP contribution is -2.60. The molecule has 0 aliphatic carbocycles. The number of alkyl halides is 3. The van der Waals surface area contributed by atoms with Gasteiger partial charge in [0.05, 0.1) is 18.3 Å². The normalized spacial score (nSPS) is 23.6. The summed E-state index contributed by atoms with van der Waals surface area (Å²) in [5.74, 6) is 0.197. The van der Waals surface area contributed by atoms with Gasteiger partial charge >= 0.3 is 6.18 Å². The Labute approximate surface area is 238 Å². The SMILES string of the molecule is C[C@@H](O[C@H]1OCCN(c2n[nH]nc2CN2CCCC2)[C@@]1(C)c1ccc(F)cc1)c1cc(S(C)=O)cc(C(F)(F)F)c1. The Morgan fingerprint density at radius 1 is 1.15 bits per heavy atom. The summed E-state index contributed by atoms with van der Waals surface area (Å²) in [6.45, 7) is 6.71. The van der Waals surface area contributed by atoms with Crippen LogP contribution in [0.2, 0.25) is 0 Å². The zero-order valence-corrected chi connectivity index (χ0v) is 23.9. The first-order valence-corrected chi connectivity index (χ1v) is 15.0. The van der Waals surface area contributed by atoms with Gasteiger partial charge in [0.25, 0.3) is 0 Å². The monoisotopic (exact) mass is 595 g/mol. The molecule has 2 aliphatic heterocycles. The van der Waals surface area contributed by atoms with Crippen molar-refractivity contribution in [1.82, 2.24) is 20.3 Å². The van der Waals surface area contributed by atoms with E-state index >= 15 is 0 Å². The van der Waals surface area contributed by atoms with Crippen molar-refractivity contribution in [1.29, 1.82) is 0 Å². The number of rotatable bonds is 8. The second kappa shape index (κ2) is 11.8. The largest absolute Gasteiger partial charge is 0.416 e. The van der Waals surface area contributed by atoms with E-state index in [1.165, 1.54) is 24.5 Å². The number of morpholine rings is 1. The van der Waals surface area contributed by atoms with Crippen molar-refractivity contribution in [2.24, 2.45) is 0 Å². The molecule has 2 aromatic carbocycles. The molecular weight excluding hydrogens is 562 g/mol. The minimum absolute atomic E-state index is 0.0481. The number of nitrogens with zero attached hydrogens (tertiary/aromatic N) is 4. The number of hydrogen-bond acceptors (Lipinski definition) is 7. The third-order valence-electron chi connectivity index (χ3n) is 7.84. The van der Waals surface area contributed by atoms with Crippen LogP contribution in [0.5, 0.6) is 0 Å². The summed E-state index contributed by atoms with van der Waals surface area (Å²) in [5, 5.41) is 11.6. The highest BCUT2D eigenvalue weighted by atomic mass is 32.2. The first-order chi connectivity index (χ1) is 19.5. The number of likely N-dealkylation sites (tertiary alicyclic amines) is 1. The molecule has 5 rings (SSSR count). The fourth-order valence-electron chi connectivity index (χ4n) is 5.52. The van der Waals surface area contributed by atoms with Gasteiger partial charge in [0, 0.05) is 35.0 Å². The maximum Gasteiger partial charge on any atom is 0.416 e. The second-order valence-corrected chi connectivity index (χ2v) is 12.0. The molecule has 2 aliphatic rings. The molecule has 4 atom stereocenters. The molecule has 0 bridgehead atoms. The van der Waals surface area contributed by atoms with Crippen LogP contribution in [0.25, 0.3) is 0 Å². The van der Waals surface area contributed by atoms with Crippen molar-refractivity contribution < 1.29 is 31.2 Å². The number of halogens is 4. The van der Waals surface area contributed by atoms with E-state index in [1.54, 1.807) is 19.1 Å². The molecule has 1 unspecified atom stereocenters. The Balaban J connectivity index is 1.52. The van der Waals surface area contributed by atoms with Gasteiger partial charge in [-0.2, -0.15) is 23.5 Å². The van der Waals surface area contributed by atoms with E-state index in [0.717, 1.165) is 43.8 Å².